The van der Waals surface area contributed by atoms with Gasteiger partial charge >= 0.3 is 6.09 Å². The number of nitrogens with two attached hydrogens (primary N) is 2. The van der Waals surface area contributed by atoms with Gasteiger partial charge in [0.05, 0.1) is 10.0 Å². The van der Waals surface area contributed by atoms with E-state index in [1.165, 1.54) is 18.2 Å². The maximum absolute atomic E-state index is 12.3. The predicted octanol–water partition coefficient (Wildman–Crippen LogP) is 2.23. The first kappa shape index (κ1) is 15.8. The zero-order valence-corrected chi connectivity index (χ0v) is 11.7. The van der Waals surface area contributed by atoms with Crippen molar-refractivity contribution in [2.75, 3.05) is 6.54 Å². The summed E-state index contributed by atoms with van der Waals surface area (Å²) in [6.07, 6.45) is -2.07. The van der Waals surface area contributed by atoms with Crippen LogP contribution in [0.4, 0.5) is 4.79 Å². The molecule has 0 aliphatic rings. The lowest BCUT2D eigenvalue weighted by Crippen LogP contribution is -2.38. The molecule has 0 radical (unpaired) electrons. The van der Waals surface area contributed by atoms with Gasteiger partial charge in [0.2, 0.25) is 5.78 Å². The fourth-order valence-electron chi connectivity index (χ4n) is 1.49. The van der Waals surface area contributed by atoms with Crippen molar-refractivity contribution in [2.24, 2.45) is 17.4 Å². The topological polar surface area (TPSA) is 95.4 Å². The van der Waals surface area contributed by atoms with Gasteiger partial charge in [0.15, 0.2) is 6.10 Å². The van der Waals surface area contributed by atoms with Gasteiger partial charge in [-0.2, -0.15) is 0 Å². The molecule has 0 fully saturated rings. The second-order valence-electron chi connectivity index (χ2n) is 4.06. The summed E-state index contributed by atoms with van der Waals surface area (Å²) in [5.41, 5.74) is 10.7. The van der Waals surface area contributed by atoms with Gasteiger partial charge in [-0.1, -0.05) is 30.1 Å². The van der Waals surface area contributed by atoms with Crippen molar-refractivity contribution in [1.29, 1.82) is 0 Å². The molecule has 104 valence electrons. The summed E-state index contributed by atoms with van der Waals surface area (Å²) in [6, 6.07) is 4.40. The fourth-order valence-corrected chi connectivity index (χ4v) is 1.79. The average Bonchev–Trinajstić information content (AvgIpc) is 2.37. The molecule has 1 aromatic carbocycles. The van der Waals surface area contributed by atoms with Crippen molar-refractivity contribution in [1.82, 2.24) is 0 Å². The van der Waals surface area contributed by atoms with Crippen LogP contribution >= 0.6 is 23.2 Å². The quantitative estimate of drug-likeness (QED) is 0.815. The van der Waals surface area contributed by atoms with Gasteiger partial charge in [0.25, 0.3) is 0 Å². The Labute approximate surface area is 120 Å². The van der Waals surface area contributed by atoms with Gasteiger partial charge < -0.3 is 16.2 Å². The van der Waals surface area contributed by atoms with E-state index in [0.717, 1.165) is 0 Å². The average molecular weight is 305 g/mol. The number of ether oxygens (including phenoxy) is 1. The minimum atomic E-state index is -1.04. The number of hydrogen-bond acceptors (Lipinski definition) is 4. The van der Waals surface area contributed by atoms with E-state index < -0.39 is 18.0 Å². The largest absolute Gasteiger partial charge is 0.438 e. The molecule has 2 atom stereocenters. The van der Waals surface area contributed by atoms with Gasteiger partial charge in [0.1, 0.15) is 0 Å². The third-order valence-corrected chi connectivity index (χ3v) is 3.33. The number of carbonyl (C=O) groups is 2. The Kier molecular flexibility index (Phi) is 5.60. The summed E-state index contributed by atoms with van der Waals surface area (Å²) in [6.45, 7) is 1.86. The SMILES string of the molecule is C[C@@H](CN)C(OC(N)=O)C(=O)c1ccc(Cl)c(Cl)c1. The van der Waals surface area contributed by atoms with E-state index in [1.807, 2.05) is 0 Å². The number of hydrogen-bond donors (Lipinski definition) is 2. The predicted molar refractivity (Wildman–Crippen MR) is 73.5 cm³/mol. The van der Waals surface area contributed by atoms with Crippen LogP contribution in [0.3, 0.4) is 0 Å². The summed E-state index contributed by atoms with van der Waals surface area (Å²) in [4.78, 5) is 23.1. The first-order valence-corrected chi connectivity index (χ1v) is 6.27. The van der Waals surface area contributed by atoms with Gasteiger partial charge in [-0.3, -0.25) is 4.79 Å². The standard InChI is InChI=1S/C12H14Cl2N2O3/c1-6(5-15)11(19-12(16)18)10(17)7-2-3-8(13)9(14)4-7/h2-4,6,11H,5,15H2,1H3,(H2,16,18)/t6-,11?/m0/s1. The van der Waals surface area contributed by atoms with Crippen molar-refractivity contribution in [3.8, 4) is 0 Å². The Morgan fingerprint density at radius 2 is 1.95 bits per heavy atom. The highest BCUT2D eigenvalue weighted by Gasteiger charge is 2.28. The van der Waals surface area contributed by atoms with E-state index in [2.05, 4.69) is 0 Å². The number of primary amides is 1. The Morgan fingerprint density at radius 1 is 1.32 bits per heavy atom. The lowest BCUT2D eigenvalue weighted by molar-refractivity contribution is 0.0523. The number of halogens is 2. The van der Waals surface area contributed by atoms with Crippen LogP contribution in [0, 0.1) is 5.92 Å². The van der Waals surface area contributed by atoms with Gasteiger partial charge in [-0.05, 0) is 24.7 Å². The Balaban J connectivity index is 3.04. The molecule has 7 heteroatoms. The van der Waals surface area contributed by atoms with Crippen LogP contribution in [0.5, 0.6) is 0 Å². The maximum atomic E-state index is 12.3. The highest BCUT2D eigenvalue weighted by Crippen LogP contribution is 2.24. The number of amides is 1. The minimum Gasteiger partial charge on any atom is -0.438 e. The van der Waals surface area contributed by atoms with E-state index in [1.54, 1.807) is 6.92 Å². The highest BCUT2D eigenvalue weighted by atomic mass is 35.5. The Hall–Kier alpha value is -1.30. The molecule has 0 aromatic heterocycles. The summed E-state index contributed by atoms with van der Waals surface area (Å²) in [5.74, 6) is -0.787. The summed E-state index contributed by atoms with van der Waals surface area (Å²) >= 11 is 11.6. The number of Topliss-reactive ketones (excluding diaryl/α,β-unsaturated/α-hetero) is 1. The van der Waals surface area contributed by atoms with Crippen LogP contribution in [0.15, 0.2) is 18.2 Å². The molecule has 4 N–H and O–H groups in total. The van der Waals surface area contributed by atoms with E-state index in [9.17, 15) is 9.59 Å². The van der Waals surface area contributed by atoms with E-state index >= 15 is 0 Å². The van der Waals surface area contributed by atoms with Crippen molar-refractivity contribution in [3.63, 3.8) is 0 Å². The fraction of sp³-hybridized carbons (Fsp3) is 0.333. The normalized spacial score (nSPS) is 13.7. The second kappa shape index (κ2) is 6.75. The molecule has 1 unspecified atom stereocenters. The molecule has 0 aliphatic heterocycles. The number of carbonyl (C=O) groups excluding carboxylic acids is 2. The van der Waals surface area contributed by atoms with Gasteiger partial charge in [0, 0.05) is 11.5 Å². The van der Waals surface area contributed by atoms with Crippen LogP contribution < -0.4 is 11.5 Å². The smallest absolute Gasteiger partial charge is 0.405 e. The highest BCUT2D eigenvalue weighted by molar-refractivity contribution is 6.42. The van der Waals surface area contributed by atoms with Crippen LogP contribution in [0.1, 0.15) is 17.3 Å². The third kappa shape index (κ3) is 4.09. The number of rotatable bonds is 5. The maximum Gasteiger partial charge on any atom is 0.405 e. The Morgan fingerprint density at radius 3 is 2.42 bits per heavy atom. The van der Waals surface area contributed by atoms with Crippen LogP contribution in [-0.2, 0) is 4.74 Å². The zero-order chi connectivity index (χ0) is 14.6. The van der Waals surface area contributed by atoms with Crippen LogP contribution in [0.2, 0.25) is 10.0 Å². The van der Waals surface area contributed by atoms with Crippen molar-refractivity contribution in [2.45, 2.75) is 13.0 Å². The summed E-state index contributed by atoms with van der Waals surface area (Å²) in [7, 11) is 0. The van der Waals surface area contributed by atoms with E-state index in [-0.39, 0.29) is 23.0 Å². The lowest BCUT2D eigenvalue weighted by atomic mass is 9.96. The molecular formula is C12H14Cl2N2O3. The Bertz CT molecular complexity index is 494. The zero-order valence-electron chi connectivity index (χ0n) is 10.2. The monoisotopic (exact) mass is 304 g/mol. The van der Waals surface area contributed by atoms with E-state index in [0.29, 0.717) is 5.02 Å². The van der Waals surface area contributed by atoms with Gasteiger partial charge in [-0.15, -0.1) is 0 Å². The summed E-state index contributed by atoms with van der Waals surface area (Å²) in [5, 5.41) is 0.572. The third-order valence-electron chi connectivity index (χ3n) is 2.59. The number of benzene rings is 1. The van der Waals surface area contributed by atoms with Gasteiger partial charge in [-0.25, -0.2) is 4.79 Å². The molecule has 1 amide bonds. The summed E-state index contributed by atoms with van der Waals surface area (Å²) < 4.78 is 4.82. The molecule has 5 nitrogen and oxygen atoms in total. The molecule has 0 spiro atoms. The molecule has 0 heterocycles. The lowest BCUT2D eigenvalue weighted by Gasteiger charge is -2.21. The first-order valence-electron chi connectivity index (χ1n) is 5.52. The molecular weight excluding hydrogens is 291 g/mol. The van der Waals surface area contributed by atoms with Crippen molar-refractivity contribution >= 4 is 35.1 Å². The van der Waals surface area contributed by atoms with Crippen LogP contribution in [0.25, 0.3) is 0 Å². The number of ketones is 1. The molecule has 0 aliphatic carbocycles. The molecule has 1 aromatic rings. The first-order chi connectivity index (χ1) is 8.86. The molecule has 0 saturated heterocycles. The molecule has 19 heavy (non-hydrogen) atoms. The van der Waals surface area contributed by atoms with Crippen LogP contribution in [-0.4, -0.2) is 24.5 Å². The minimum absolute atomic E-state index is 0.172. The molecule has 0 bridgehead atoms. The second-order valence-corrected chi connectivity index (χ2v) is 4.88. The van der Waals surface area contributed by atoms with E-state index in [4.69, 9.17) is 39.4 Å². The molecule has 1 rings (SSSR count). The van der Waals surface area contributed by atoms with Crippen molar-refractivity contribution in [3.05, 3.63) is 33.8 Å². The molecule has 0 saturated carbocycles. The van der Waals surface area contributed by atoms with Crippen molar-refractivity contribution < 1.29 is 14.3 Å².